The summed E-state index contributed by atoms with van der Waals surface area (Å²) in [5.74, 6) is -0.0759. The second kappa shape index (κ2) is 7.45. The summed E-state index contributed by atoms with van der Waals surface area (Å²) in [5.41, 5.74) is 7.58. The van der Waals surface area contributed by atoms with E-state index < -0.39 is 0 Å². The number of rotatable bonds is 5. The second-order valence-electron chi connectivity index (χ2n) is 5.48. The molecule has 0 radical (unpaired) electrons. The Hall–Kier alpha value is -2.56. The molecule has 0 fully saturated rings. The zero-order chi connectivity index (χ0) is 15.9. The van der Waals surface area contributed by atoms with Crippen molar-refractivity contribution in [2.75, 3.05) is 0 Å². The maximum absolute atomic E-state index is 11.7. The number of nitrogens with one attached hydrogen (secondary N) is 3. The highest BCUT2D eigenvalue weighted by atomic mass is 16.2. The van der Waals surface area contributed by atoms with E-state index in [1.54, 1.807) is 18.3 Å². The topological polar surface area (TPSA) is 74.0 Å². The number of amides is 2. The van der Waals surface area contributed by atoms with Gasteiger partial charge >= 0.3 is 0 Å². The Morgan fingerprint density at radius 2 is 1.82 bits per heavy atom. The fourth-order valence-electron chi connectivity index (χ4n) is 2.05. The minimum absolute atomic E-state index is 0.215. The highest BCUT2D eigenvalue weighted by Gasteiger charge is 2.08. The van der Waals surface area contributed by atoms with Crippen molar-refractivity contribution in [3.63, 3.8) is 0 Å². The van der Waals surface area contributed by atoms with Crippen LogP contribution >= 0.6 is 0 Å². The van der Waals surface area contributed by atoms with Gasteiger partial charge in [-0.15, -0.1) is 0 Å². The summed E-state index contributed by atoms with van der Waals surface area (Å²) in [6.07, 6.45) is 2.62. The standard InChI is InChI=1S/C17H21N3O2/c1-12(2)14-8-5-13(6-9-14)7-10-16(21)19-20-17(22)15-4-3-11-18-15/h3-6,8-9,11-12,18H,7,10H2,1-2H3,(H,19,21)(H,20,22). The predicted octanol–water partition coefficient (Wildman–Crippen LogP) is 2.53. The Labute approximate surface area is 130 Å². The van der Waals surface area contributed by atoms with Crippen molar-refractivity contribution in [1.29, 1.82) is 0 Å². The Balaban J connectivity index is 1.74. The number of hydrogen-bond donors (Lipinski definition) is 3. The molecule has 0 aliphatic rings. The largest absolute Gasteiger partial charge is 0.357 e. The number of aryl methyl sites for hydroxylation is 1. The third-order valence-corrected chi connectivity index (χ3v) is 3.45. The first-order chi connectivity index (χ1) is 10.6. The maximum atomic E-state index is 11.7. The zero-order valence-electron chi connectivity index (χ0n) is 12.8. The van der Waals surface area contributed by atoms with Crippen LogP contribution in [0, 0.1) is 0 Å². The van der Waals surface area contributed by atoms with Gasteiger partial charge in [0, 0.05) is 12.6 Å². The SMILES string of the molecule is CC(C)c1ccc(CCC(=O)NNC(=O)c2ccc[nH]2)cc1. The molecule has 116 valence electrons. The number of aromatic nitrogens is 1. The number of H-pyrrole nitrogens is 1. The van der Waals surface area contributed by atoms with Gasteiger partial charge < -0.3 is 4.98 Å². The Kier molecular flexibility index (Phi) is 5.36. The van der Waals surface area contributed by atoms with Gasteiger partial charge in [-0.25, -0.2) is 0 Å². The van der Waals surface area contributed by atoms with Gasteiger partial charge in [0.1, 0.15) is 5.69 Å². The van der Waals surface area contributed by atoms with Gasteiger partial charge in [-0.2, -0.15) is 0 Å². The molecule has 2 aromatic rings. The van der Waals surface area contributed by atoms with Crippen molar-refractivity contribution in [3.05, 3.63) is 59.4 Å². The van der Waals surface area contributed by atoms with E-state index in [1.807, 2.05) is 12.1 Å². The third kappa shape index (κ3) is 4.48. The summed E-state index contributed by atoms with van der Waals surface area (Å²) in [5, 5.41) is 0. The average molecular weight is 299 g/mol. The van der Waals surface area contributed by atoms with Gasteiger partial charge in [0.05, 0.1) is 0 Å². The van der Waals surface area contributed by atoms with Crippen LogP contribution in [0.25, 0.3) is 0 Å². The Morgan fingerprint density at radius 1 is 1.09 bits per heavy atom. The molecule has 22 heavy (non-hydrogen) atoms. The molecule has 2 amide bonds. The Bertz CT molecular complexity index is 616. The monoisotopic (exact) mass is 299 g/mol. The lowest BCUT2D eigenvalue weighted by molar-refractivity contribution is -0.121. The lowest BCUT2D eigenvalue weighted by Crippen LogP contribution is -2.41. The van der Waals surface area contributed by atoms with Crippen molar-refractivity contribution < 1.29 is 9.59 Å². The molecule has 0 saturated carbocycles. The van der Waals surface area contributed by atoms with Crippen LogP contribution in [0.5, 0.6) is 0 Å². The highest BCUT2D eigenvalue weighted by Crippen LogP contribution is 2.15. The first kappa shape index (κ1) is 15.8. The molecular weight excluding hydrogens is 278 g/mol. The van der Waals surface area contributed by atoms with Crippen LogP contribution in [0.15, 0.2) is 42.6 Å². The normalized spacial score (nSPS) is 10.5. The summed E-state index contributed by atoms with van der Waals surface area (Å²) >= 11 is 0. The number of hydrazine groups is 1. The molecule has 0 unspecified atom stereocenters. The van der Waals surface area contributed by atoms with Crippen LogP contribution in [0.2, 0.25) is 0 Å². The summed E-state index contributed by atoms with van der Waals surface area (Å²) in [7, 11) is 0. The van der Waals surface area contributed by atoms with Crippen LogP contribution in [0.4, 0.5) is 0 Å². The lowest BCUT2D eigenvalue weighted by Gasteiger charge is -2.08. The number of aromatic amines is 1. The van der Waals surface area contributed by atoms with Crippen molar-refractivity contribution in [2.24, 2.45) is 0 Å². The molecule has 5 nitrogen and oxygen atoms in total. The molecular formula is C17H21N3O2. The molecule has 0 bridgehead atoms. The molecule has 0 aliphatic heterocycles. The van der Waals surface area contributed by atoms with Crippen LogP contribution in [0.1, 0.15) is 47.8 Å². The van der Waals surface area contributed by atoms with Gasteiger partial charge in [0.15, 0.2) is 0 Å². The van der Waals surface area contributed by atoms with Crippen LogP contribution in [0.3, 0.4) is 0 Å². The molecule has 5 heteroatoms. The van der Waals surface area contributed by atoms with Crippen LogP contribution in [-0.4, -0.2) is 16.8 Å². The lowest BCUT2D eigenvalue weighted by atomic mass is 10.0. The van der Waals surface area contributed by atoms with Gasteiger partial charge in [0.2, 0.25) is 5.91 Å². The van der Waals surface area contributed by atoms with Crippen molar-refractivity contribution >= 4 is 11.8 Å². The predicted molar refractivity (Wildman–Crippen MR) is 85.3 cm³/mol. The first-order valence-corrected chi connectivity index (χ1v) is 7.37. The van der Waals surface area contributed by atoms with Crippen molar-refractivity contribution in [1.82, 2.24) is 15.8 Å². The zero-order valence-corrected chi connectivity index (χ0v) is 12.8. The molecule has 0 aliphatic carbocycles. The molecule has 1 aromatic heterocycles. The van der Waals surface area contributed by atoms with E-state index in [9.17, 15) is 9.59 Å². The minimum atomic E-state index is -0.361. The van der Waals surface area contributed by atoms with E-state index in [1.165, 1.54) is 5.56 Å². The van der Waals surface area contributed by atoms with Crippen molar-refractivity contribution in [2.45, 2.75) is 32.6 Å². The van der Waals surface area contributed by atoms with E-state index in [2.05, 4.69) is 41.8 Å². The number of benzene rings is 1. The summed E-state index contributed by atoms with van der Waals surface area (Å²) in [6.45, 7) is 4.30. The van der Waals surface area contributed by atoms with Crippen molar-refractivity contribution in [3.8, 4) is 0 Å². The molecule has 1 aromatic carbocycles. The summed E-state index contributed by atoms with van der Waals surface area (Å²) in [4.78, 5) is 26.1. The van der Waals surface area contributed by atoms with Crippen LogP contribution in [-0.2, 0) is 11.2 Å². The minimum Gasteiger partial charge on any atom is -0.357 e. The van der Waals surface area contributed by atoms with E-state index in [0.717, 1.165) is 5.56 Å². The van der Waals surface area contributed by atoms with Crippen LogP contribution < -0.4 is 10.9 Å². The fraction of sp³-hybridized carbons (Fsp3) is 0.294. The molecule has 3 N–H and O–H groups in total. The number of carbonyl (C=O) groups is 2. The molecule has 0 saturated heterocycles. The second-order valence-corrected chi connectivity index (χ2v) is 5.48. The summed E-state index contributed by atoms with van der Waals surface area (Å²) < 4.78 is 0. The van der Waals surface area contributed by atoms with Gasteiger partial charge in [0.25, 0.3) is 5.91 Å². The fourth-order valence-corrected chi connectivity index (χ4v) is 2.05. The quantitative estimate of drug-likeness (QED) is 0.742. The molecule has 0 atom stereocenters. The number of hydrogen-bond acceptors (Lipinski definition) is 2. The molecule has 1 heterocycles. The molecule has 0 spiro atoms. The third-order valence-electron chi connectivity index (χ3n) is 3.45. The van der Waals surface area contributed by atoms with Gasteiger partial charge in [-0.3, -0.25) is 20.4 Å². The van der Waals surface area contributed by atoms with E-state index in [-0.39, 0.29) is 11.8 Å². The smallest absolute Gasteiger partial charge is 0.286 e. The van der Waals surface area contributed by atoms with E-state index >= 15 is 0 Å². The molecule has 2 rings (SSSR count). The first-order valence-electron chi connectivity index (χ1n) is 7.37. The number of carbonyl (C=O) groups excluding carboxylic acids is 2. The average Bonchev–Trinajstić information content (AvgIpc) is 3.05. The van der Waals surface area contributed by atoms with E-state index in [4.69, 9.17) is 0 Å². The summed E-state index contributed by atoms with van der Waals surface area (Å²) in [6, 6.07) is 11.6. The highest BCUT2D eigenvalue weighted by molar-refractivity contribution is 5.93. The van der Waals surface area contributed by atoms with Gasteiger partial charge in [-0.1, -0.05) is 38.1 Å². The van der Waals surface area contributed by atoms with Gasteiger partial charge in [-0.05, 0) is 35.6 Å². The van der Waals surface area contributed by atoms with E-state index in [0.29, 0.717) is 24.5 Å². The maximum Gasteiger partial charge on any atom is 0.286 e. The Morgan fingerprint density at radius 3 is 2.41 bits per heavy atom.